The molecule has 1 aliphatic heterocycles. The highest BCUT2D eigenvalue weighted by Gasteiger charge is 2.08. The van der Waals surface area contributed by atoms with Gasteiger partial charge in [0.2, 0.25) is 5.91 Å². The molecule has 1 rings (SSSR count). The molecule has 0 aliphatic carbocycles. The van der Waals surface area contributed by atoms with E-state index in [9.17, 15) is 4.79 Å². The highest BCUT2D eigenvalue weighted by atomic mass is 16.6. The normalized spacial score (nSPS) is 22.6. The summed E-state index contributed by atoms with van der Waals surface area (Å²) in [6, 6.07) is 0. The fourth-order valence-corrected chi connectivity index (χ4v) is 2.20. The Morgan fingerprint density at radius 1 is 0.481 bits per heavy atom. The van der Waals surface area contributed by atoms with Gasteiger partial charge in [0.05, 0.1) is 92.5 Å². The number of carbonyl (C=O) groups is 1. The van der Waals surface area contributed by atoms with E-state index in [1.807, 2.05) is 0 Å². The minimum Gasteiger partial charge on any atom is -0.377 e. The number of hydrogen-bond donors (Lipinski definition) is 0. The van der Waals surface area contributed by atoms with Gasteiger partial charge in [0.15, 0.2) is 0 Å². The van der Waals surface area contributed by atoms with Crippen molar-refractivity contribution in [2.75, 3.05) is 106 Å². The van der Waals surface area contributed by atoms with Crippen molar-refractivity contribution in [2.45, 2.75) is 6.92 Å². The van der Waals surface area contributed by atoms with Crippen molar-refractivity contribution in [1.82, 2.24) is 4.90 Å². The van der Waals surface area contributed by atoms with Crippen molar-refractivity contribution in [2.24, 2.45) is 0 Å². The van der Waals surface area contributed by atoms with E-state index < -0.39 is 0 Å². The fourth-order valence-electron chi connectivity index (χ4n) is 2.20. The summed E-state index contributed by atoms with van der Waals surface area (Å²) in [5.41, 5.74) is 0. The molecule has 0 aromatic rings. The number of carbonyl (C=O) groups excluding carboxylic acids is 1. The monoisotopic (exact) mass is 393 g/mol. The third kappa shape index (κ3) is 15.9. The molecule has 0 spiro atoms. The van der Waals surface area contributed by atoms with Crippen LogP contribution in [0, 0.1) is 0 Å². The van der Waals surface area contributed by atoms with Gasteiger partial charge in [-0.25, -0.2) is 0 Å². The van der Waals surface area contributed by atoms with Crippen molar-refractivity contribution < 1.29 is 38.0 Å². The largest absolute Gasteiger partial charge is 0.377 e. The lowest BCUT2D eigenvalue weighted by Crippen LogP contribution is -2.35. The van der Waals surface area contributed by atoms with Gasteiger partial charge in [0.1, 0.15) is 0 Å². The minimum atomic E-state index is 0.00872. The topological polar surface area (TPSA) is 84.9 Å². The first-order chi connectivity index (χ1) is 13.3. The van der Waals surface area contributed by atoms with Crippen molar-refractivity contribution in [1.29, 1.82) is 0 Å². The van der Waals surface area contributed by atoms with Crippen LogP contribution in [0.1, 0.15) is 6.92 Å². The molecule has 0 saturated carbocycles. The van der Waals surface area contributed by atoms with E-state index in [4.69, 9.17) is 33.2 Å². The van der Waals surface area contributed by atoms with Crippen molar-refractivity contribution in [3.8, 4) is 0 Å². The van der Waals surface area contributed by atoms with Crippen LogP contribution in [0.25, 0.3) is 0 Å². The molecule has 0 aromatic heterocycles. The lowest BCUT2D eigenvalue weighted by Gasteiger charge is -2.21. The molecule has 1 amide bonds. The predicted molar refractivity (Wildman–Crippen MR) is 98.0 cm³/mol. The van der Waals surface area contributed by atoms with Crippen LogP contribution in [0.5, 0.6) is 0 Å². The third-order valence-corrected chi connectivity index (χ3v) is 3.69. The average Bonchev–Trinajstić information content (AvgIpc) is 2.65. The molecule has 1 fully saturated rings. The highest BCUT2D eigenvalue weighted by Crippen LogP contribution is 1.92. The Bertz CT molecular complexity index is 321. The number of hydrogen-bond acceptors (Lipinski definition) is 8. The summed E-state index contributed by atoms with van der Waals surface area (Å²) in [5, 5.41) is 0. The first-order valence-corrected chi connectivity index (χ1v) is 9.60. The van der Waals surface area contributed by atoms with Crippen LogP contribution in [0.3, 0.4) is 0 Å². The van der Waals surface area contributed by atoms with E-state index >= 15 is 0 Å². The average molecular weight is 393 g/mol. The Balaban J connectivity index is 2.19. The molecule has 1 heterocycles. The summed E-state index contributed by atoms with van der Waals surface area (Å²) < 4.78 is 38.1. The van der Waals surface area contributed by atoms with E-state index in [1.54, 1.807) is 11.8 Å². The van der Waals surface area contributed by atoms with Gasteiger partial charge in [-0.2, -0.15) is 0 Å². The van der Waals surface area contributed by atoms with Gasteiger partial charge >= 0.3 is 0 Å². The Labute approximate surface area is 162 Å². The quantitative estimate of drug-likeness (QED) is 0.567. The molecule has 0 bridgehead atoms. The van der Waals surface area contributed by atoms with Crippen molar-refractivity contribution in [3.05, 3.63) is 0 Å². The number of nitrogens with zero attached hydrogens (tertiary/aromatic N) is 1. The maximum absolute atomic E-state index is 11.6. The SMILES string of the molecule is CC(=O)N1CCOCCOCCOCCOCCOCCOCCOCC1. The molecule has 0 N–H and O–H groups in total. The van der Waals surface area contributed by atoms with Gasteiger partial charge in [0, 0.05) is 20.0 Å². The molecule has 0 aromatic carbocycles. The molecule has 27 heavy (non-hydrogen) atoms. The Kier molecular flexibility index (Phi) is 16.6. The van der Waals surface area contributed by atoms with Crippen LogP contribution in [-0.4, -0.2) is 116 Å². The second-order valence-electron chi connectivity index (χ2n) is 5.79. The maximum Gasteiger partial charge on any atom is 0.219 e. The summed E-state index contributed by atoms with van der Waals surface area (Å²) in [6.07, 6.45) is 0. The molecular weight excluding hydrogens is 358 g/mol. The van der Waals surface area contributed by atoms with E-state index in [-0.39, 0.29) is 5.91 Å². The molecule has 0 radical (unpaired) electrons. The zero-order valence-corrected chi connectivity index (χ0v) is 16.5. The van der Waals surface area contributed by atoms with Crippen LogP contribution in [-0.2, 0) is 38.0 Å². The van der Waals surface area contributed by atoms with Crippen LogP contribution >= 0.6 is 0 Å². The highest BCUT2D eigenvalue weighted by molar-refractivity contribution is 5.73. The summed E-state index contributed by atoms with van der Waals surface area (Å²) in [7, 11) is 0. The molecule has 160 valence electrons. The lowest BCUT2D eigenvalue weighted by molar-refractivity contribution is -0.130. The minimum absolute atomic E-state index is 0.00872. The third-order valence-electron chi connectivity index (χ3n) is 3.69. The maximum atomic E-state index is 11.6. The van der Waals surface area contributed by atoms with E-state index in [1.165, 1.54) is 0 Å². The Hall–Kier alpha value is -0.810. The van der Waals surface area contributed by atoms with Crippen molar-refractivity contribution in [3.63, 3.8) is 0 Å². The van der Waals surface area contributed by atoms with Gasteiger partial charge in [-0.05, 0) is 0 Å². The molecule has 9 heteroatoms. The van der Waals surface area contributed by atoms with Crippen LogP contribution in [0.15, 0.2) is 0 Å². The lowest BCUT2D eigenvalue weighted by atomic mass is 10.4. The van der Waals surface area contributed by atoms with Crippen LogP contribution < -0.4 is 0 Å². The first-order valence-electron chi connectivity index (χ1n) is 9.60. The second kappa shape index (κ2) is 18.5. The smallest absolute Gasteiger partial charge is 0.219 e. The fraction of sp³-hybridized carbons (Fsp3) is 0.944. The van der Waals surface area contributed by atoms with Gasteiger partial charge in [-0.3, -0.25) is 4.79 Å². The molecule has 0 unspecified atom stereocenters. The summed E-state index contributed by atoms with van der Waals surface area (Å²) in [6.45, 7) is 9.76. The second-order valence-corrected chi connectivity index (χ2v) is 5.79. The summed E-state index contributed by atoms with van der Waals surface area (Å²) in [5.74, 6) is 0.00872. The molecule has 0 atom stereocenters. The van der Waals surface area contributed by atoms with E-state index in [2.05, 4.69) is 0 Å². The Morgan fingerprint density at radius 2 is 0.704 bits per heavy atom. The predicted octanol–water partition coefficient (Wildman–Crippen LogP) is -0.0353. The zero-order valence-electron chi connectivity index (χ0n) is 16.5. The van der Waals surface area contributed by atoms with Crippen LogP contribution in [0.4, 0.5) is 0 Å². The summed E-state index contributed by atoms with van der Waals surface area (Å²) in [4.78, 5) is 13.3. The zero-order chi connectivity index (χ0) is 19.4. The first kappa shape index (κ1) is 24.2. The number of rotatable bonds is 0. The van der Waals surface area contributed by atoms with Crippen molar-refractivity contribution >= 4 is 5.91 Å². The van der Waals surface area contributed by atoms with Gasteiger partial charge in [-0.1, -0.05) is 0 Å². The molecular formula is C18H35NO8. The standard InChI is InChI=1S/C18H35NO8/c1-18(20)19-2-4-21-6-8-23-10-12-25-14-16-27-17-15-26-13-11-24-9-7-22-5-3-19/h2-17H2,1H3. The van der Waals surface area contributed by atoms with Crippen LogP contribution in [0.2, 0.25) is 0 Å². The van der Waals surface area contributed by atoms with E-state index in [0.29, 0.717) is 106 Å². The molecule has 9 nitrogen and oxygen atoms in total. The van der Waals surface area contributed by atoms with E-state index in [0.717, 1.165) is 0 Å². The number of ether oxygens (including phenoxy) is 7. The van der Waals surface area contributed by atoms with Gasteiger partial charge < -0.3 is 38.1 Å². The summed E-state index contributed by atoms with van der Waals surface area (Å²) >= 11 is 0. The van der Waals surface area contributed by atoms with Gasteiger partial charge in [-0.15, -0.1) is 0 Å². The molecule has 1 saturated heterocycles. The Morgan fingerprint density at radius 3 is 0.926 bits per heavy atom. The number of amides is 1. The van der Waals surface area contributed by atoms with Gasteiger partial charge in [0.25, 0.3) is 0 Å². The molecule has 1 aliphatic rings.